The lowest BCUT2D eigenvalue weighted by atomic mass is 10.2. The van der Waals surface area contributed by atoms with Gasteiger partial charge in [-0.25, -0.2) is 4.39 Å². The Morgan fingerprint density at radius 3 is 2.46 bits per heavy atom. The average molecular weight is 491 g/mol. The zero-order valence-electron chi connectivity index (χ0n) is 14.5. The van der Waals surface area contributed by atoms with Crippen molar-refractivity contribution in [3.05, 3.63) is 97.4 Å². The molecule has 3 rings (SSSR count). The molecule has 1 N–H and O–H groups in total. The molecule has 8 heteroatoms. The highest BCUT2D eigenvalue weighted by atomic mass is 127. The van der Waals surface area contributed by atoms with E-state index in [4.69, 9.17) is 4.74 Å². The van der Waals surface area contributed by atoms with Crippen LogP contribution in [-0.2, 0) is 6.61 Å². The number of non-ortho nitro benzene ring substituents is 1. The number of anilines is 1. The van der Waals surface area contributed by atoms with Crippen LogP contribution >= 0.6 is 22.6 Å². The third kappa shape index (κ3) is 5.49. The van der Waals surface area contributed by atoms with Crippen molar-refractivity contribution in [2.45, 2.75) is 6.61 Å². The Morgan fingerprint density at radius 1 is 1.11 bits per heavy atom. The molecular formula is C20H15FIN3O3. The molecule has 6 nitrogen and oxygen atoms in total. The van der Waals surface area contributed by atoms with Crippen molar-refractivity contribution < 1.29 is 14.1 Å². The molecule has 0 saturated carbocycles. The standard InChI is InChI=1S/C20H15FIN3O3/c21-16-4-1-14(2-5-16)13-28-20-10-3-15(11-19(20)22)12-23-24-17-6-8-18(9-7-17)25(26)27/h1-12,24H,13H2/b23-12+. The van der Waals surface area contributed by atoms with E-state index in [1.165, 1.54) is 24.3 Å². The Balaban J connectivity index is 1.57. The number of benzene rings is 3. The van der Waals surface area contributed by atoms with Crippen LogP contribution in [0.4, 0.5) is 15.8 Å². The normalized spacial score (nSPS) is 10.8. The lowest BCUT2D eigenvalue weighted by Crippen LogP contribution is -1.98. The van der Waals surface area contributed by atoms with Gasteiger partial charge in [0.2, 0.25) is 0 Å². The van der Waals surface area contributed by atoms with Crippen LogP contribution in [0.2, 0.25) is 0 Å². The molecule has 0 aliphatic carbocycles. The van der Waals surface area contributed by atoms with E-state index >= 15 is 0 Å². The molecule has 0 aliphatic heterocycles. The van der Waals surface area contributed by atoms with E-state index in [0.717, 1.165) is 20.4 Å². The van der Waals surface area contributed by atoms with Crippen molar-refractivity contribution in [3.8, 4) is 5.75 Å². The van der Waals surface area contributed by atoms with Crippen molar-refractivity contribution in [2.75, 3.05) is 5.43 Å². The van der Waals surface area contributed by atoms with Gasteiger partial charge in [-0.15, -0.1) is 0 Å². The van der Waals surface area contributed by atoms with Crippen LogP contribution in [0, 0.1) is 19.5 Å². The van der Waals surface area contributed by atoms with Crippen LogP contribution in [0.1, 0.15) is 11.1 Å². The summed E-state index contributed by atoms with van der Waals surface area (Å²) in [5, 5.41) is 14.8. The monoisotopic (exact) mass is 491 g/mol. The van der Waals surface area contributed by atoms with Gasteiger partial charge in [0.15, 0.2) is 0 Å². The highest BCUT2D eigenvalue weighted by molar-refractivity contribution is 14.1. The van der Waals surface area contributed by atoms with Crippen molar-refractivity contribution in [1.82, 2.24) is 0 Å². The van der Waals surface area contributed by atoms with Gasteiger partial charge >= 0.3 is 0 Å². The van der Waals surface area contributed by atoms with Gasteiger partial charge in [0.25, 0.3) is 5.69 Å². The maximum absolute atomic E-state index is 12.9. The predicted molar refractivity (Wildman–Crippen MR) is 114 cm³/mol. The smallest absolute Gasteiger partial charge is 0.269 e. The summed E-state index contributed by atoms with van der Waals surface area (Å²) in [6, 6.07) is 17.8. The number of hydrazone groups is 1. The number of halogens is 2. The first kappa shape index (κ1) is 19.7. The molecule has 0 unspecified atom stereocenters. The minimum atomic E-state index is -0.450. The molecule has 0 heterocycles. The first-order chi connectivity index (χ1) is 13.5. The van der Waals surface area contributed by atoms with Crippen LogP contribution in [0.15, 0.2) is 71.8 Å². The number of nitrogens with zero attached hydrogens (tertiary/aromatic N) is 2. The minimum absolute atomic E-state index is 0.0281. The first-order valence-electron chi connectivity index (χ1n) is 8.21. The SMILES string of the molecule is O=[N+]([O-])c1ccc(N/N=C/c2ccc(OCc3ccc(F)cc3)c(I)c2)cc1. The Morgan fingerprint density at radius 2 is 1.82 bits per heavy atom. The average Bonchev–Trinajstić information content (AvgIpc) is 2.69. The third-order valence-electron chi connectivity index (χ3n) is 3.75. The summed E-state index contributed by atoms with van der Waals surface area (Å²) in [4.78, 5) is 10.2. The van der Waals surface area contributed by atoms with Crippen LogP contribution < -0.4 is 10.2 Å². The molecule has 0 amide bonds. The van der Waals surface area contributed by atoms with Gasteiger partial charge in [0.1, 0.15) is 18.2 Å². The van der Waals surface area contributed by atoms with E-state index in [0.29, 0.717) is 12.3 Å². The van der Waals surface area contributed by atoms with Crippen LogP contribution in [0.3, 0.4) is 0 Å². The van der Waals surface area contributed by atoms with Crippen LogP contribution in [-0.4, -0.2) is 11.1 Å². The molecule has 142 valence electrons. The van der Waals surface area contributed by atoms with Crippen molar-refractivity contribution in [2.24, 2.45) is 5.10 Å². The Bertz CT molecular complexity index is 993. The quantitative estimate of drug-likeness (QED) is 0.209. The molecule has 0 spiro atoms. The maximum Gasteiger partial charge on any atom is 0.269 e. The fraction of sp³-hybridized carbons (Fsp3) is 0.0500. The number of nitro groups is 1. The predicted octanol–water partition coefficient (Wildman–Crippen LogP) is 5.36. The highest BCUT2D eigenvalue weighted by Gasteiger charge is 2.04. The summed E-state index contributed by atoms with van der Waals surface area (Å²) in [6.45, 7) is 0.353. The summed E-state index contributed by atoms with van der Waals surface area (Å²) in [5.74, 6) is 0.453. The van der Waals surface area contributed by atoms with E-state index < -0.39 is 4.92 Å². The fourth-order valence-corrected chi connectivity index (χ4v) is 2.99. The summed E-state index contributed by atoms with van der Waals surface area (Å²) < 4.78 is 19.6. The topological polar surface area (TPSA) is 76.8 Å². The van der Waals surface area contributed by atoms with E-state index in [9.17, 15) is 14.5 Å². The van der Waals surface area contributed by atoms with Crippen molar-refractivity contribution in [3.63, 3.8) is 0 Å². The van der Waals surface area contributed by atoms with Gasteiger partial charge in [-0.1, -0.05) is 12.1 Å². The number of ether oxygens (including phenoxy) is 1. The highest BCUT2D eigenvalue weighted by Crippen LogP contribution is 2.23. The summed E-state index contributed by atoms with van der Waals surface area (Å²) in [5.41, 5.74) is 5.26. The Kier molecular flexibility index (Phi) is 6.53. The minimum Gasteiger partial charge on any atom is -0.488 e. The molecule has 0 aromatic heterocycles. The molecule has 0 saturated heterocycles. The molecule has 28 heavy (non-hydrogen) atoms. The largest absolute Gasteiger partial charge is 0.488 e. The van der Waals surface area contributed by atoms with Gasteiger partial charge in [-0.3, -0.25) is 15.5 Å². The lowest BCUT2D eigenvalue weighted by molar-refractivity contribution is -0.384. The second-order valence-electron chi connectivity index (χ2n) is 5.78. The van der Waals surface area contributed by atoms with Gasteiger partial charge in [-0.2, -0.15) is 5.10 Å². The summed E-state index contributed by atoms with van der Waals surface area (Å²) in [6.07, 6.45) is 1.65. The Labute approximate surface area is 174 Å². The number of hydrogen-bond acceptors (Lipinski definition) is 5. The second-order valence-corrected chi connectivity index (χ2v) is 6.94. The molecule has 0 fully saturated rings. The van der Waals surface area contributed by atoms with Gasteiger partial charge in [0.05, 0.1) is 20.4 Å². The first-order valence-corrected chi connectivity index (χ1v) is 9.29. The third-order valence-corrected chi connectivity index (χ3v) is 4.59. The van der Waals surface area contributed by atoms with E-state index in [2.05, 4.69) is 33.1 Å². The molecular weight excluding hydrogens is 476 g/mol. The summed E-state index contributed by atoms with van der Waals surface area (Å²) in [7, 11) is 0. The van der Waals surface area contributed by atoms with Gasteiger partial charge in [0, 0.05) is 12.1 Å². The summed E-state index contributed by atoms with van der Waals surface area (Å²) >= 11 is 2.18. The zero-order chi connectivity index (χ0) is 19.9. The Hall–Kier alpha value is -3.01. The molecule has 0 aliphatic rings. The van der Waals surface area contributed by atoms with Gasteiger partial charge < -0.3 is 4.74 Å². The number of nitro benzene ring substituents is 1. The molecule has 3 aromatic carbocycles. The molecule has 0 bridgehead atoms. The lowest BCUT2D eigenvalue weighted by Gasteiger charge is -2.09. The van der Waals surface area contributed by atoms with Gasteiger partial charge in [-0.05, 0) is 76.2 Å². The number of nitrogens with one attached hydrogen (secondary N) is 1. The van der Waals surface area contributed by atoms with E-state index in [1.54, 1.807) is 30.5 Å². The fourth-order valence-electron chi connectivity index (χ4n) is 2.30. The molecule has 3 aromatic rings. The van der Waals surface area contributed by atoms with E-state index in [1.807, 2.05) is 18.2 Å². The van der Waals surface area contributed by atoms with E-state index in [-0.39, 0.29) is 11.5 Å². The maximum atomic E-state index is 12.9. The number of hydrogen-bond donors (Lipinski definition) is 1. The van der Waals surface area contributed by atoms with Crippen molar-refractivity contribution >= 4 is 40.2 Å². The number of rotatable bonds is 7. The molecule has 0 atom stereocenters. The zero-order valence-corrected chi connectivity index (χ0v) is 16.7. The van der Waals surface area contributed by atoms with Crippen LogP contribution in [0.25, 0.3) is 0 Å². The van der Waals surface area contributed by atoms with Crippen LogP contribution in [0.5, 0.6) is 5.75 Å². The second kappa shape index (κ2) is 9.27. The van der Waals surface area contributed by atoms with Crippen molar-refractivity contribution in [1.29, 1.82) is 0 Å². The molecule has 0 radical (unpaired) electrons.